The van der Waals surface area contributed by atoms with Crippen LogP contribution in [-0.2, 0) is 4.74 Å². The quantitative estimate of drug-likeness (QED) is 0.860. The SMILES string of the molecule is CC(C)(C)OC(=O)NCC=Cc1cccc([Si](C)(C)C)c1. The van der Waals surface area contributed by atoms with Crippen molar-refractivity contribution in [3.8, 4) is 0 Å². The topological polar surface area (TPSA) is 38.3 Å². The van der Waals surface area contributed by atoms with Gasteiger partial charge < -0.3 is 10.1 Å². The van der Waals surface area contributed by atoms with Crippen molar-refractivity contribution >= 4 is 25.4 Å². The zero-order chi connectivity index (χ0) is 16.1. The largest absolute Gasteiger partial charge is 0.444 e. The monoisotopic (exact) mass is 305 g/mol. The van der Waals surface area contributed by atoms with E-state index in [0.717, 1.165) is 0 Å². The molecule has 3 nitrogen and oxygen atoms in total. The third-order valence-electron chi connectivity index (χ3n) is 2.83. The molecule has 0 aromatic heterocycles. The molecule has 0 saturated heterocycles. The van der Waals surface area contributed by atoms with Gasteiger partial charge in [0, 0.05) is 6.54 Å². The van der Waals surface area contributed by atoms with Crippen molar-refractivity contribution in [1.29, 1.82) is 0 Å². The molecule has 0 unspecified atom stereocenters. The standard InChI is InChI=1S/C17H27NO2Si/c1-17(2,3)20-16(19)18-12-8-10-14-9-7-11-15(13-14)21(4,5)6/h7-11,13H,12H2,1-6H3,(H,18,19). The molecule has 0 bridgehead atoms. The number of carbonyl (C=O) groups is 1. The van der Waals surface area contributed by atoms with Gasteiger partial charge in [0.1, 0.15) is 5.60 Å². The second kappa shape index (κ2) is 6.94. The minimum Gasteiger partial charge on any atom is -0.444 e. The highest BCUT2D eigenvalue weighted by Gasteiger charge is 2.16. The summed E-state index contributed by atoms with van der Waals surface area (Å²) in [6.45, 7) is 13.0. The molecule has 0 heterocycles. The molecule has 0 fully saturated rings. The number of rotatable bonds is 4. The molecule has 0 atom stereocenters. The van der Waals surface area contributed by atoms with E-state index in [-0.39, 0.29) is 6.09 Å². The molecule has 1 amide bonds. The van der Waals surface area contributed by atoms with Crippen LogP contribution in [-0.4, -0.2) is 26.3 Å². The first-order chi connectivity index (χ1) is 9.58. The summed E-state index contributed by atoms with van der Waals surface area (Å²) in [7, 11) is -1.28. The van der Waals surface area contributed by atoms with Crippen LogP contribution in [0.2, 0.25) is 19.6 Å². The maximum absolute atomic E-state index is 11.5. The first-order valence-corrected chi connectivity index (χ1v) is 10.8. The molecule has 0 spiro atoms. The molecule has 0 radical (unpaired) electrons. The van der Waals surface area contributed by atoms with Crippen LogP contribution in [0.15, 0.2) is 30.3 Å². The molecular formula is C17H27NO2Si. The lowest BCUT2D eigenvalue weighted by Crippen LogP contribution is -2.37. The van der Waals surface area contributed by atoms with Crippen molar-refractivity contribution in [1.82, 2.24) is 5.32 Å². The minimum atomic E-state index is -1.28. The van der Waals surface area contributed by atoms with E-state index in [1.54, 1.807) is 0 Å². The van der Waals surface area contributed by atoms with E-state index in [0.29, 0.717) is 6.54 Å². The molecule has 4 heteroatoms. The van der Waals surface area contributed by atoms with Crippen LogP contribution in [0.3, 0.4) is 0 Å². The number of nitrogens with one attached hydrogen (secondary N) is 1. The summed E-state index contributed by atoms with van der Waals surface area (Å²) in [6, 6.07) is 8.60. The van der Waals surface area contributed by atoms with E-state index >= 15 is 0 Å². The van der Waals surface area contributed by atoms with Crippen LogP contribution in [0.5, 0.6) is 0 Å². The minimum absolute atomic E-state index is 0.386. The van der Waals surface area contributed by atoms with Crippen LogP contribution in [0.25, 0.3) is 6.08 Å². The lowest BCUT2D eigenvalue weighted by atomic mass is 10.2. The highest BCUT2D eigenvalue weighted by molar-refractivity contribution is 6.88. The van der Waals surface area contributed by atoms with E-state index < -0.39 is 13.7 Å². The number of hydrogen-bond acceptors (Lipinski definition) is 2. The average Bonchev–Trinajstić information content (AvgIpc) is 2.32. The van der Waals surface area contributed by atoms with E-state index in [4.69, 9.17) is 4.74 Å². The molecule has 0 aliphatic heterocycles. The number of alkyl carbamates (subject to hydrolysis) is 1. The Balaban J connectivity index is 2.53. The van der Waals surface area contributed by atoms with E-state index in [1.165, 1.54) is 10.8 Å². The third-order valence-corrected chi connectivity index (χ3v) is 4.87. The van der Waals surface area contributed by atoms with E-state index in [1.807, 2.05) is 32.9 Å². The van der Waals surface area contributed by atoms with Crippen molar-refractivity contribution in [2.75, 3.05) is 6.54 Å². The second-order valence-corrected chi connectivity index (χ2v) is 12.2. The Kier molecular flexibility index (Phi) is 5.78. The summed E-state index contributed by atoms with van der Waals surface area (Å²) in [4.78, 5) is 11.5. The Hall–Kier alpha value is -1.55. The number of hydrogen-bond donors (Lipinski definition) is 1. The lowest BCUT2D eigenvalue weighted by molar-refractivity contribution is 0.0534. The highest BCUT2D eigenvalue weighted by atomic mass is 28.3. The summed E-state index contributed by atoms with van der Waals surface area (Å²) in [5.41, 5.74) is 0.709. The summed E-state index contributed by atoms with van der Waals surface area (Å²) in [5.74, 6) is 0. The van der Waals surface area contributed by atoms with Crippen LogP contribution in [0.4, 0.5) is 4.79 Å². The summed E-state index contributed by atoms with van der Waals surface area (Å²) in [6.07, 6.45) is 3.58. The van der Waals surface area contributed by atoms with Gasteiger partial charge in [0.05, 0.1) is 8.07 Å². The molecule has 116 valence electrons. The smallest absolute Gasteiger partial charge is 0.407 e. The van der Waals surface area contributed by atoms with Gasteiger partial charge in [-0.25, -0.2) is 4.79 Å². The van der Waals surface area contributed by atoms with Crippen molar-refractivity contribution in [2.24, 2.45) is 0 Å². The Labute approximate surface area is 129 Å². The van der Waals surface area contributed by atoms with Crippen LogP contribution >= 0.6 is 0 Å². The summed E-state index contributed by atoms with van der Waals surface area (Å²) >= 11 is 0. The molecule has 0 aliphatic rings. The number of benzene rings is 1. The van der Waals surface area contributed by atoms with Gasteiger partial charge >= 0.3 is 6.09 Å². The summed E-state index contributed by atoms with van der Waals surface area (Å²) in [5, 5.41) is 4.15. The fourth-order valence-electron chi connectivity index (χ4n) is 1.76. The van der Waals surface area contributed by atoms with E-state index in [2.05, 4.69) is 49.2 Å². The number of amides is 1. The van der Waals surface area contributed by atoms with Crippen LogP contribution in [0.1, 0.15) is 26.3 Å². The van der Waals surface area contributed by atoms with E-state index in [9.17, 15) is 4.79 Å². The van der Waals surface area contributed by atoms with Gasteiger partial charge in [-0.05, 0) is 26.3 Å². The normalized spacial score (nSPS) is 12.5. The van der Waals surface area contributed by atoms with Crippen LogP contribution < -0.4 is 10.5 Å². The molecule has 1 N–H and O–H groups in total. The van der Waals surface area contributed by atoms with Crippen molar-refractivity contribution in [2.45, 2.75) is 46.0 Å². The number of carbonyl (C=O) groups excluding carboxylic acids is 1. The van der Waals surface area contributed by atoms with Gasteiger partial charge in [0.2, 0.25) is 0 Å². The second-order valence-electron chi connectivity index (χ2n) is 7.16. The molecule has 1 aromatic carbocycles. The molecule has 21 heavy (non-hydrogen) atoms. The predicted octanol–water partition coefficient (Wildman–Crippen LogP) is 3.77. The molecule has 0 saturated carbocycles. The molecular weight excluding hydrogens is 278 g/mol. The van der Waals surface area contributed by atoms with Gasteiger partial charge in [0.15, 0.2) is 0 Å². The Morgan fingerprint density at radius 1 is 1.29 bits per heavy atom. The van der Waals surface area contributed by atoms with Gasteiger partial charge in [-0.3, -0.25) is 0 Å². The Morgan fingerprint density at radius 2 is 1.95 bits per heavy atom. The van der Waals surface area contributed by atoms with Crippen molar-refractivity contribution in [3.05, 3.63) is 35.9 Å². The fourth-order valence-corrected chi connectivity index (χ4v) is 2.96. The fraction of sp³-hybridized carbons (Fsp3) is 0.471. The zero-order valence-electron chi connectivity index (χ0n) is 14.0. The Morgan fingerprint density at radius 3 is 2.52 bits per heavy atom. The zero-order valence-corrected chi connectivity index (χ0v) is 15.0. The number of ether oxygens (including phenoxy) is 1. The molecule has 0 aliphatic carbocycles. The van der Waals surface area contributed by atoms with Gasteiger partial charge in [-0.1, -0.05) is 61.2 Å². The van der Waals surface area contributed by atoms with Crippen LogP contribution in [0, 0.1) is 0 Å². The maximum Gasteiger partial charge on any atom is 0.407 e. The molecule has 1 aromatic rings. The Bertz CT molecular complexity index is 510. The first kappa shape index (κ1) is 17.5. The maximum atomic E-state index is 11.5. The third kappa shape index (κ3) is 7.13. The first-order valence-electron chi connectivity index (χ1n) is 7.32. The summed E-state index contributed by atoms with van der Waals surface area (Å²) < 4.78 is 5.18. The van der Waals surface area contributed by atoms with Gasteiger partial charge in [0.25, 0.3) is 0 Å². The molecule has 1 rings (SSSR count). The highest BCUT2D eigenvalue weighted by Crippen LogP contribution is 2.07. The van der Waals surface area contributed by atoms with Crippen molar-refractivity contribution < 1.29 is 9.53 Å². The average molecular weight is 305 g/mol. The van der Waals surface area contributed by atoms with Gasteiger partial charge in [-0.15, -0.1) is 0 Å². The van der Waals surface area contributed by atoms with Gasteiger partial charge in [-0.2, -0.15) is 0 Å². The lowest BCUT2D eigenvalue weighted by Gasteiger charge is -2.19. The predicted molar refractivity (Wildman–Crippen MR) is 92.7 cm³/mol. The van der Waals surface area contributed by atoms with Crippen molar-refractivity contribution in [3.63, 3.8) is 0 Å².